The van der Waals surface area contributed by atoms with Gasteiger partial charge < -0.3 is 5.11 Å². The molecule has 0 bridgehead atoms. The lowest BCUT2D eigenvalue weighted by Crippen LogP contribution is -1.59. The third-order valence-corrected chi connectivity index (χ3v) is 2.54. The van der Waals surface area contributed by atoms with E-state index in [9.17, 15) is 0 Å². The highest BCUT2D eigenvalue weighted by Crippen LogP contribution is 2.29. The molecule has 0 aliphatic rings. The molecule has 8 heavy (non-hydrogen) atoms. The van der Waals surface area contributed by atoms with Crippen LogP contribution in [0.1, 0.15) is 4.88 Å². The number of hydrogen-bond acceptors (Lipinski definition) is 3. The molecule has 3 heteroatoms. The van der Waals surface area contributed by atoms with E-state index < -0.39 is 0 Å². The number of thiophene rings is 1. The zero-order chi connectivity index (χ0) is 6.15. The maximum absolute atomic E-state index is 8.87. The van der Waals surface area contributed by atoms with Gasteiger partial charge in [0, 0.05) is 10.3 Å². The van der Waals surface area contributed by atoms with Crippen LogP contribution in [0.3, 0.4) is 0 Å². The van der Waals surface area contributed by atoms with Gasteiger partial charge in [0.25, 0.3) is 0 Å². The third kappa shape index (κ3) is 0.833. The number of aromatic hydroxyl groups is 1. The van der Waals surface area contributed by atoms with E-state index in [1.807, 2.05) is 6.92 Å². The zero-order valence-corrected chi connectivity index (χ0v) is 6.09. The monoisotopic (exact) mass is 146 g/mol. The minimum absolute atomic E-state index is 0.288. The van der Waals surface area contributed by atoms with Crippen LogP contribution in [0, 0.1) is 6.92 Å². The van der Waals surface area contributed by atoms with Crippen molar-refractivity contribution < 1.29 is 5.11 Å². The van der Waals surface area contributed by atoms with Crippen LogP contribution in [0.5, 0.6) is 5.75 Å². The summed E-state index contributed by atoms with van der Waals surface area (Å²) in [4.78, 5) is 1.76. The van der Waals surface area contributed by atoms with Crippen LogP contribution >= 0.6 is 24.0 Å². The van der Waals surface area contributed by atoms with E-state index in [-0.39, 0.29) is 5.75 Å². The molecule has 1 rings (SSSR count). The molecule has 0 aromatic carbocycles. The van der Waals surface area contributed by atoms with Gasteiger partial charge in [-0.05, 0) is 6.92 Å². The molecule has 0 aliphatic heterocycles. The summed E-state index contributed by atoms with van der Waals surface area (Å²) in [5.74, 6) is 0.288. The third-order valence-electron chi connectivity index (χ3n) is 0.923. The Morgan fingerprint density at radius 3 is 2.50 bits per heavy atom. The lowest BCUT2D eigenvalue weighted by Gasteiger charge is -1.84. The van der Waals surface area contributed by atoms with Crippen molar-refractivity contribution in [2.75, 3.05) is 0 Å². The van der Waals surface area contributed by atoms with E-state index in [2.05, 4.69) is 12.6 Å². The lowest BCUT2D eigenvalue weighted by atomic mass is 10.5. The maximum atomic E-state index is 8.87. The SMILES string of the molecule is Cc1scc(O)c1S. The second-order valence-electron chi connectivity index (χ2n) is 1.53. The first kappa shape index (κ1) is 5.98. The van der Waals surface area contributed by atoms with Crippen LogP contribution in [0.25, 0.3) is 0 Å². The second kappa shape index (κ2) is 1.99. The van der Waals surface area contributed by atoms with Crippen molar-refractivity contribution in [2.45, 2.75) is 11.8 Å². The van der Waals surface area contributed by atoms with Crippen LogP contribution in [-0.2, 0) is 0 Å². The highest BCUT2D eigenvalue weighted by molar-refractivity contribution is 7.80. The van der Waals surface area contributed by atoms with Crippen molar-refractivity contribution in [3.8, 4) is 5.75 Å². The first-order valence-corrected chi connectivity index (χ1v) is 3.50. The van der Waals surface area contributed by atoms with Gasteiger partial charge in [0.1, 0.15) is 5.75 Å². The minimum Gasteiger partial charge on any atom is -0.506 e. The minimum atomic E-state index is 0.288. The number of hydrogen-bond donors (Lipinski definition) is 2. The summed E-state index contributed by atoms with van der Waals surface area (Å²) in [6.07, 6.45) is 0. The number of rotatable bonds is 0. The Morgan fingerprint density at radius 1 is 1.75 bits per heavy atom. The maximum Gasteiger partial charge on any atom is 0.139 e. The number of thiol groups is 1. The van der Waals surface area contributed by atoms with E-state index in [1.54, 1.807) is 5.38 Å². The van der Waals surface area contributed by atoms with Gasteiger partial charge in [-0.25, -0.2) is 0 Å². The molecule has 0 fully saturated rings. The molecule has 0 atom stereocenters. The number of aryl methyl sites for hydroxylation is 1. The lowest BCUT2D eigenvalue weighted by molar-refractivity contribution is 0.465. The predicted octanol–water partition coefficient (Wildman–Crippen LogP) is 2.05. The van der Waals surface area contributed by atoms with Gasteiger partial charge in [-0.15, -0.1) is 24.0 Å². The van der Waals surface area contributed by atoms with Crippen LogP contribution in [-0.4, -0.2) is 5.11 Å². The Balaban J connectivity index is 3.19. The molecule has 0 saturated carbocycles. The molecule has 1 aromatic heterocycles. The van der Waals surface area contributed by atoms with Gasteiger partial charge in [0.15, 0.2) is 0 Å². The fourth-order valence-corrected chi connectivity index (χ4v) is 1.37. The quantitative estimate of drug-likeness (QED) is 0.537. The predicted molar refractivity (Wildman–Crippen MR) is 38.0 cm³/mol. The first-order valence-electron chi connectivity index (χ1n) is 2.18. The van der Waals surface area contributed by atoms with E-state index in [0.717, 1.165) is 4.88 Å². The Labute approximate surface area is 57.4 Å². The summed E-state index contributed by atoms with van der Waals surface area (Å²) in [5.41, 5.74) is 0. The topological polar surface area (TPSA) is 20.2 Å². The average Bonchev–Trinajstić information content (AvgIpc) is 1.98. The van der Waals surface area contributed by atoms with E-state index >= 15 is 0 Å². The van der Waals surface area contributed by atoms with Crippen molar-refractivity contribution in [3.05, 3.63) is 10.3 Å². The summed E-state index contributed by atoms with van der Waals surface area (Å²) < 4.78 is 0. The molecule has 44 valence electrons. The van der Waals surface area contributed by atoms with Crippen molar-refractivity contribution in [1.82, 2.24) is 0 Å². The van der Waals surface area contributed by atoms with E-state index in [4.69, 9.17) is 5.11 Å². The summed E-state index contributed by atoms with van der Waals surface area (Å²) in [7, 11) is 0. The summed E-state index contributed by atoms with van der Waals surface area (Å²) in [6, 6.07) is 0. The summed E-state index contributed by atoms with van der Waals surface area (Å²) in [6.45, 7) is 1.92. The highest BCUT2D eigenvalue weighted by atomic mass is 32.1. The van der Waals surface area contributed by atoms with Gasteiger partial charge in [0.05, 0.1) is 4.90 Å². The fourth-order valence-electron chi connectivity index (χ4n) is 0.436. The molecule has 0 radical (unpaired) electrons. The van der Waals surface area contributed by atoms with Gasteiger partial charge >= 0.3 is 0 Å². The first-order chi connectivity index (χ1) is 3.72. The Kier molecular flexibility index (Phi) is 1.49. The molecule has 1 N–H and O–H groups in total. The smallest absolute Gasteiger partial charge is 0.139 e. The second-order valence-corrected chi connectivity index (χ2v) is 3.06. The molecular formula is C5H6OS2. The summed E-state index contributed by atoms with van der Waals surface area (Å²) >= 11 is 5.53. The standard InChI is InChI=1S/C5H6OS2/c1-3-5(7)4(6)2-8-3/h2,6-7H,1H3. The van der Waals surface area contributed by atoms with Gasteiger partial charge in [-0.3, -0.25) is 0 Å². The highest BCUT2D eigenvalue weighted by Gasteiger charge is 1.99. The van der Waals surface area contributed by atoms with Crippen LogP contribution in [0.4, 0.5) is 0 Å². The van der Waals surface area contributed by atoms with Crippen molar-refractivity contribution in [1.29, 1.82) is 0 Å². The summed E-state index contributed by atoms with van der Waals surface area (Å²) in [5, 5.41) is 10.6. The molecular weight excluding hydrogens is 140 g/mol. The zero-order valence-electron chi connectivity index (χ0n) is 4.38. The van der Waals surface area contributed by atoms with Crippen molar-refractivity contribution in [3.63, 3.8) is 0 Å². The van der Waals surface area contributed by atoms with Crippen molar-refractivity contribution in [2.24, 2.45) is 0 Å². The van der Waals surface area contributed by atoms with Crippen LogP contribution in [0.2, 0.25) is 0 Å². The molecule has 0 spiro atoms. The molecule has 0 unspecified atom stereocenters. The van der Waals surface area contributed by atoms with E-state index in [1.165, 1.54) is 11.3 Å². The molecule has 0 saturated heterocycles. The van der Waals surface area contributed by atoms with E-state index in [0.29, 0.717) is 4.90 Å². The molecule has 0 aliphatic carbocycles. The molecule has 1 nitrogen and oxygen atoms in total. The van der Waals surface area contributed by atoms with Crippen LogP contribution < -0.4 is 0 Å². The Morgan fingerprint density at radius 2 is 2.38 bits per heavy atom. The van der Waals surface area contributed by atoms with Gasteiger partial charge in [-0.1, -0.05) is 0 Å². The Hall–Kier alpha value is -0.150. The van der Waals surface area contributed by atoms with Crippen LogP contribution in [0.15, 0.2) is 10.3 Å². The van der Waals surface area contributed by atoms with Gasteiger partial charge in [-0.2, -0.15) is 0 Å². The largest absolute Gasteiger partial charge is 0.506 e. The fraction of sp³-hybridized carbons (Fsp3) is 0.200. The molecule has 1 aromatic rings. The van der Waals surface area contributed by atoms with Gasteiger partial charge in [0.2, 0.25) is 0 Å². The van der Waals surface area contributed by atoms with Crippen molar-refractivity contribution >= 4 is 24.0 Å². The molecule has 0 amide bonds. The molecule has 1 heterocycles. The average molecular weight is 146 g/mol. The Bertz CT molecular complexity index is 173. The normalized spacial score (nSPS) is 9.75.